The van der Waals surface area contributed by atoms with E-state index < -0.39 is 59.8 Å². The molecule has 0 aliphatic carbocycles. The minimum Gasteiger partial charge on any atom is -0.480 e. The molecule has 1 aromatic heterocycles. The van der Waals surface area contributed by atoms with Crippen LogP contribution < -0.4 is 55.7 Å². The first-order chi connectivity index (χ1) is 24.8. The number of hydrogen-bond donors (Lipinski definition) is 13. The molecular weight excluding hydrogens is 695 g/mol. The van der Waals surface area contributed by atoms with Gasteiger partial charge in [-0.1, -0.05) is 18.2 Å². The molecule has 1 aromatic carbocycles. The maximum atomic E-state index is 14.0. The van der Waals surface area contributed by atoms with Crippen molar-refractivity contribution in [2.45, 2.75) is 81.6 Å². The normalized spacial score (nSPS) is 13.8. The molecule has 20 heteroatoms. The summed E-state index contributed by atoms with van der Waals surface area (Å²) >= 11 is 4.19. The second-order valence-electron chi connectivity index (χ2n) is 12.1. The standard InChI is InChI=1S/C32H53N13O6S/c33-12-4-3-10-23(30(50)51)43-29(49)25(17-52)45-27(47)22(11-6-14-40-32(37)38)42-28(48)24(15-18-16-41-21-9-2-1-7-19(18)21)44-26(46)20(34)8-5-13-39-31(35)36/h1-2,7,9,16,20,22-25,41,52H,3-6,8,10-15,17,33-34H2,(H,42,48)(H,43,49)(H,44,46)(H,45,47)(H,50,51)(H4,35,36,39)(H4,37,38,40)/t20-,22-,23-,24-,25-/m0/s1. The maximum absolute atomic E-state index is 14.0. The zero-order valence-corrected chi connectivity index (χ0v) is 29.9. The van der Waals surface area contributed by atoms with Crippen molar-refractivity contribution in [1.29, 1.82) is 0 Å². The van der Waals surface area contributed by atoms with Crippen molar-refractivity contribution in [3.8, 4) is 0 Å². The van der Waals surface area contributed by atoms with Crippen LogP contribution in [0.4, 0.5) is 0 Å². The van der Waals surface area contributed by atoms with Crippen LogP contribution in [0.2, 0.25) is 0 Å². The molecule has 52 heavy (non-hydrogen) atoms. The summed E-state index contributed by atoms with van der Waals surface area (Å²) in [5.74, 6) is -4.50. The van der Waals surface area contributed by atoms with Gasteiger partial charge >= 0.3 is 5.97 Å². The van der Waals surface area contributed by atoms with E-state index in [2.05, 4.69) is 48.9 Å². The highest BCUT2D eigenvalue weighted by Crippen LogP contribution is 2.19. The van der Waals surface area contributed by atoms with Crippen LogP contribution in [-0.2, 0) is 30.4 Å². The fourth-order valence-corrected chi connectivity index (χ4v) is 5.45. The fourth-order valence-electron chi connectivity index (χ4n) is 5.19. The van der Waals surface area contributed by atoms with Gasteiger partial charge in [0.2, 0.25) is 23.6 Å². The van der Waals surface area contributed by atoms with Gasteiger partial charge in [0.15, 0.2) is 11.9 Å². The highest BCUT2D eigenvalue weighted by molar-refractivity contribution is 7.80. The second kappa shape index (κ2) is 22.7. The maximum Gasteiger partial charge on any atom is 0.326 e. The van der Waals surface area contributed by atoms with E-state index in [4.69, 9.17) is 34.4 Å². The molecule has 0 spiro atoms. The van der Waals surface area contributed by atoms with Crippen LogP contribution in [0.15, 0.2) is 40.4 Å². The van der Waals surface area contributed by atoms with Gasteiger partial charge in [-0.05, 0) is 63.1 Å². The van der Waals surface area contributed by atoms with Gasteiger partial charge in [-0.3, -0.25) is 29.2 Å². The van der Waals surface area contributed by atoms with Crippen LogP contribution >= 0.6 is 12.6 Å². The number of nitrogens with zero attached hydrogens (tertiary/aromatic N) is 2. The summed E-state index contributed by atoms with van der Waals surface area (Å²) in [6.45, 7) is 0.757. The van der Waals surface area contributed by atoms with E-state index in [1.807, 2.05) is 24.3 Å². The van der Waals surface area contributed by atoms with Gasteiger partial charge in [-0.15, -0.1) is 0 Å². The first-order valence-corrected chi connectivity index (χ1v) is 17.6. The van der Waals surface area contributed by atoms with E-state index in [0.717, 1.165) is 16.5 Å². The number of hydrogen-bond acceptors (Lipinski definition) is 10. The Morgan fingerprint density at radius 1 is 0.731 bits per heavy atom. The fraction of sp³-hybridized carbons (Fsp3) is 0.531. The van der Waals surface area contributed by atoms with E-state index in [1.54, 1.807) is 6.20 Å². The number of fused-ring (bicyclic) bond motifs is 1. The van der Waals surface area contributed by atoms with Crippen molar-refractivity contribution in [1.82, 2.24) is 26.3 Å². The zero-order valence-electron chi connectivity index (χ0n) is 29.1. The van der Waals surface area contributed by atoms with E-state index in [0.29, 0.717) is 25.8 Å². The lowest BCUT2D eigenvalue weighted by Gasteiger charge is -2.26. The first kappa shape index (κ1) is 43.1. The average molecular weight is 748 g/mol. The second-order valence-corrected chi connectivity index (χ2v) is 12.5. The number of nitrogens with one attached hydrogen (secondary N) is 5. The highest BCUT2D eigenvalue weighted by Gasteiger charge is 2.31. The lowest BCUT2D eigenvalue weighted by atomic mass is 10.0. The van der Waals surface area contributed by atoms with Crippen molar-refractivity contribution in [3.05, 3.63) is 36.0 Å². The number of aromatic nitrogens is 1. The Labute approximate surface area is 307 Å². The summed E-state index contributed by atoms with van der Waals surface area (Å²) in [5.41, 5.74) is 34.8. The van der Waals surface area contributed by atoms with Gasteiger partial charge in [0, 0.05) is 42.4 Å². The summed E-state index contributed by atoms with van der Waals surface area (Å²) in [6.07, 6.45) is 3.84. The Morgan fingerprint density at radius 3 is 1.88 bits per heavy atom. The number of aliphatic carboxylic acids is 1. The number of carbonyl (C=O) groups is 5. The quantitative estimate of drug-likeness (QED) is 0.0225. The van der Waals surface area contributed by atoms with Crippen LogP contribution in [-0.4, -0.2) is 107 Å². The van der Waals surface area contributed by atoms with Crippen molar-refractivity contribution < 1.29 is 29.1 Å². The summed E-state index contributed by atoms with van der Waals surface area (Å²) in [4.78, 5) is 76.6. The van der Waals surface area contributed by atoms with Crippen molar-refractivity contribution in [2.75, 3.05) is 25.4 Å². The highest BCUT2D eigenvalue weighted by atomic mass is 32.1. The van der Waals surface area contributed by atoms with Gasteiger partial charge in [0.05, 0.1) is 6.04 Å². The molecular formula is C32H53N13O6S. The Bertz CT molecular complexity index is 1540. The Kier molecular flexibility index (Phi) is 18.8. The number of carboxylic acids is 1. The zero-order chi connectivity index (χ0) is 38.6. The number of aromatic amines is 1. The number of unbranched alkanes of at least 4 members (excludes halogenated alkanes) is 1. The third-order valence-corrected chi connectivity index (χ3v) is 8.36. The molecule has 0 radical (unpaired) electrons. The molecule has 0 fully saturated rings. The van der Waals surface area contributed by atoms with Crippen LogP contribution in [0.1, 0.15) is 50.5 Å². The number of aliphatic imine (C=N–C) groups is 2. The third kappa shape index (κ3) is 15.0. The Hall–Kier alpha value is -5.08. The predicted molar refractivity (Wildman–Crippen MR) is 202 cm³/mol. The topological polar surface area (TPSA) is 350 Å². The number of benzene rings is 1. The average Bonchev–Trinajstić information content (AvgIpc) is 3.51. The summed E-state index contributed by atoms with van der Waals surface area (Å²) in [6, 6.07) is 1.55. The molecule has 2 aromatic rings. The van der Waals surface area contributed by atoms with Crippen LogP contribution in [0.5, 0.6) is 0 Å². The van der Waals surface area contributed by atoms with Gasteiger partial charge in [-0.25, -0.2) is 4.79 Å². The number of H-pyrrole nitrogens is 1. The summed E-state index contributed by atoms with van der Waals surface area (Å²) < 4.78 is 0. The number of nitrogens with two attached hydrogens (primary N) is 6. The molecule has 18 N–H and O–H groups in total. The van der Waals surface area contributed by atoms with E-state index in [9.17, 15) is 29.1 Å². The van der Waals surface area contributed by atoms with Crippen molar-refractivity contribution in [2.24, 2.45) is 44.4 Å². The SMILES string of the molecule is NCCCC[C@H](NC(=O)[C@H](CS)NC(=O)[C@H](CCCN=C(N)N)NC(=O)[C@H](Cc1c[nH]c2ccccc12)NC(=O)[C@@H](N)CCCN=C(N)N)C(=O)O. The lowest BCUT2D eigenvalue weighted by Crippen LogP contribution is -2.59. The molecule has 2 rings (SSSR count). The third-order valence-electron chi connectivity index (χ3n) is 7.99. The molecule has 0 unspecified atom stereocenters. The van der Waals surface area contributed by atoms with Crippen LogP contribution in [0.25, 0.3) is 10.9 Å². The number of carboxylic acid groups (broad SMARTS) is 1. The Morgan fingerprint density at radius 2 is 1.27 bits per heavy atom. The summed E-state index contributed by atoms with van der Waals surface area (Å²) in [7, 11) is 0. The molecule has 4 amide bonds. The lowest BCUT2D eigenvalue weighted by molar-refractivity contribution is -0.142. The molecule has 0 aliphatic rings. The minimum atomic E-state index is -1.25. The molecule has 288 valence electrons. The number of rotatable bonds is 24. The number of carbonyl (C=O) groups excluding carboxylic acids is 4. The van der Waals surface area contributed by atoms with Crippen LogP contribution in [0, 0.1) is 0 Å². The van der Waals surface area contributed by atoms with Gasteiger partial charge < -0.3 is 65.8 Å². The van der Waals surface area contributed by atoms with E-state index >= 15 is 0 Å². The van der Waals surface area contributed by atoms with Gasteiger partial charge in [0.1, 0.15) is 24.2 Å². The number of amides is 4. The summed E-state index contributed by atoms with van der Waals surface area (Å²) in [5, 5.41) is 20.8. The largest absolute Gasteiger partial charge is 0.480 e. The number of para-hydroxylation sites is 1. The molecule has 0 aliphatic heterocycles. The molecule has 0 saturated heterocycles. The van der Waals surface area contributed by atoms with E-state index in [1.165, 1.54) is 0 Å². The number of thiol groups is 1. The smallest absolute Gasteiger partial charge is 0.326 e. The Balaban J connectivity index is 2.31. The van der Waals surface area contributed by atoms with Crippen LogP contribution in [0.3, 0.4) is 0 Å². The molecule has 19 nitrogen and oxygen atoms in total. The predicted octanol–water partition coefficient (Wildman–Crippen LogP) is -2.77. The molecule has 0 bridgehead atoms. The van der Waals surface area contributed by atoms with Crippen molar-refractivity contribution >= 4 is 65.0 Å². The molecule has 5 atom stereocenters. The molecule has 1 heterocycles. The molecule has 0 saturated carbocycles. The number of guanidine groups is 2. The van der Waals surface area contributed by atoms with Crippen molar-refractivity contribution in [3.63, 3.8) is 0 Å². The first-order valence-electron chi connectivity index (χ1n) is 16.9. The monoisotopic (exact) mass is 747 g/mol. The van der Waals surface area contributed by atoms with Gasteiger partial charge in [0.25, 0.3) is 0 Å². The van der Waals surface area contributed by atoms with Gasteiger partial charge in [-0.2, -0.15) is 12.6 Å². The minimum absolute atomic E-state index is 0.0319. The van der Waals surface area contributed by atoms with E-state index in [-0.39, 0.29) is 62.9 Å².